The van der Waals surface area contributed by atoms with Crippen molar-refractivity contribution in [3.63, 3.8) is 0 Å². The molecular weight excluding hydrogens is 252 g/mol. The standard InChI is InChI=1S/C11H20N4O2S/c1-8(7-15(2)3)14-11-5-4-9(6-10(11)12)18(13,16)17/h4-6,8,14H,7,12H2,1-3H3,(H2,13,16,17). The average Bonchev–Trinajstić information content (AvgIpc) is 2.18. The number of nitrogens with zero attached hydrogens (tertiary/aromatic N) is 1. The zero-order valence-electron chi connectivity index (χ0n) is 10.8. The van der Waals surface area contributed by atoms with Crippen molar-refractivity contribution in [3.8, 4) is 0 Å². The predicted octanol–water partition coefficient (Wildman–Crippen LogP) is 0.278. The quantitative estimate of drug-likeness (QED) is 0.668. The third-order valence-corrected chi connectivity index (χ3v) is 3.30. The first-order valence-electron chi connectivity index (χ1n) is 5.53. The fraction of sp³-hybridized carbons (Fsp3) is 0.455. The third-order valence-electron chi connectivity index (χ3n) is 2.39. The maximum Gasteiger partial charge on any atom is 0.238 e. The average molecular weight is 272 g/mol. The van der Waals surface area contributed by atoms with Gasteiger partial charge >= 0.3 is 0 Å². The number of benzene rings is 1. The normalized spacial score (nSPS) is 13.6. The Bertz CT molecular complexity index is 514. The summed E-state index contributed by atoms with van der Waals surface area (Å²) in [6, 6.07) is 4.63. The molecule has 1 aromatic carbocycles. The van der Waals surface area contributed by atoms with Crippen LogP contribution in [0.2, 0.25) is 0 Å². The molecule has 7 heteroatoms. The largest absolute Gasteiger partial charge is 0.397 e. The Morgan fingerprint density at radius 2 is 2.00 bits per heavy atom. The Balaban J connectivity index is 2.87. The minimum Gasteiger partial charge on any atom is -0.397 e. The number of hydrogen-bond donors (Lipinski definition) is 3. The van der Waals surface area contributed by atoms with Gasteiger partial charge in [0.2, 0.25) is 10.0 Å². The molecule has 0 aliphatic rings. The SMILES string of the molecule is CC(CN(C)C)Nc1ccc(S(N)(=O)=O)cc1N. The molecule has 1 aromatic rings. The zero-order valence-corrected chi connectivity index (χ0v) is 11.7. The second-order valence-electron chi connectivity index (χ2n) is 4.60. The smallest absolute Gasteiger partial charge is 0.238 e. The molecule has 0 fully saturated rings. The molecule has 102 valence electrons. The van der Waals surface area contributed by atoms with Gasteiger partial charge in [-0.2, -0.15) is 0 Å². The lowest BCUT2D eigenvalue weighted by Crippen LogP contribution is -2.29. The minimum atomic E-state index is -3.71. The molecule has 0 saturated carbocycles. The summed E-state index contributed by atoms with van der Waals surface area (Å²) in [7, 11) is 0.250. The summed E-state index contributed by atoms with van der Waals surface area (Å²) >= 11 is 0. The van der Waals surface area contributed by atoms with Crippen LogP contribution in [0.15, 0.2) is 23.1 Å². The van der Waals surface area contributed by atoms with Crippen LogP contribution in [0.1, 0.15) is 6.92 Å². The van der Waals surface area contributed by atoms with Crippen LogP contribution in [-0.4, -0.2) is 40.0 Å². The summed E-state index contributed by atoms with van der Waals surface area (Å²) in [5.41, 5.74) is 6.87. The summed E-state index contributed by atoms with van der Waals surface area (Å²) < 4.78 is 22.3. The van der Waals surface area contributed by atoms with Crippen molar-refractivity contribution in [3.05, 3.63) is 18.2 Å². The Morgan fingerprint density at radius 1 is 1.39 bits per heavy atom. The van der Waals surface area contributed by atoms with Crippen molar-refractivity contribution in [1.82, 2.24) is 4.90 Å². The zero-order chi connectivity index (χ0) is 13.9. The van der Waals surface area contributed by atoms with Crippen molar-refractivity contribution in [2.24, 2.45) is 5.14 Å². The molecule has 0 aromatic heterocycles. The third kappa shape index (κ3) is 4.17. The monoisotopic (exact) mass is 272 g/mol. The first kappa shape index (κ1) is 14.7. The van der Waals surface area contributed by atoms with Crippen molar-refractivity contribution < 1.29 is 8.42 Å². The first-order valence-corrected chi connectivity index (χ1v) is 7.08. The second-order valence-corrected chi connectivity index (χ2v) is 6.16. The van der Waals surface area contributed by atoms with Crippen LogP contribution in [0.5, 0.6) is 0 Å². The topological polar surface area (TPSA) is 101 Å². The predicted molar refractivity (Wildman–Crippen MR) is 73.9 cm³/mol. The van der Waals surface area contributed by atoms with Crippen LogP contribution >= 0.6 is 0 Å². The van der Waals surface area contributed by atoms with E-state index in [4.69, 9.17) is 10.9 Å². The van der Waals surface area contributed by atoms with Gasteiger partial charge in [-0.3, -0.25) is 0 Å². The maximum absolute atomic E-state index is 11.2. The van der Waals surface area contributed by atoms with E-state index in [9.17, 15) is 8.42 Å². The second kappa shape index (κ2) is 5.55. The van der Waals surface area contributed by atoms with E-state index in [0.717, 1.165) is 6.54 Å². The van der Waals surface area contributed by atoms with Gasteiger partial charge in [-0.05, 0) is 39.2 Å². The van der Waals surface area contributed by atoms with Crippen molar-refractivity contribution >= 4 is 21.4 Å². The molecule has 6 nitrogen and oxygen atoms in total. The number of rotatable bonds is 5. The Morgan fingerprint density at radius 3 is 2.44 bits per heavy atom. The fourth-order valence-electron chi connectivity index (χ4n) is 1.71. The number of nitrogens with one attached hydrogen (secondary N) is 1. The molecule has 0 amide bonds. The van der Waals surface area contributed by atoms with E-state index in [-0.39, 0.29) is 10.9 Å². The summed E-state index contributed by atoms with van der Waals surface area (Å²) in [6.45, 7) is 2.86. The molecule has 5 N–H and O–H groups in total. The van der Waals surface area contributed by atoms with E-state index in [0.29, 0.717) is 11.4 Å². The summed E-state index contributed by atoms with van der Waals surface area (Å²) in [4.78, 5) is 2.07. The van der Waals surface area contributed by atoms with Gasteiger partial charge < -0.3 is 16.0 Å². The summed E-state index contributed by atoms with van der Waals surface area (Å²) in [5.74, 6) is 0. The van der Waals surface area contributed by atoms with Gasteiger partial charge in [0.15, 0.2) is 0 Å². The molecule has 0 spiro atoms. The summed E-state index contributed by atoms with van der Waals surface area (Å²) in [6.07, 6.45) is 0. The highest BCUT2D eigenvalue weighted by Crippen LogP contribution is 2.22. The fourth-order valence-corrected chi connectivity index (χ4v) is 2.26. The van der Waals surface area contributed by atoms with E-state index in [1.807, 2.05) is 25.9 Å². The highest BCUT2D eigenvalue weighted by Gasteiger charge is 2.11. The molecule has 0 bridgehead atoms. The Labute approximate surface area is 108 Å². The van der Waals surface area contributed by atoms with Crippen LogP contribution in [-0.2, 0) is 10.0 Å². The number of nitrogen functional groups attached to an aromatic ring is 1. The molecule has 0 saturated heterocycles. The van der Waals surface area contributed by atoms with Gasteiger partial charge in [0.05, 0.1) is 16.3 Å². The van der Waals surface area contributed by atoms with Crippen molar-refractivity contribution in [2.75, 3.05) is 31.7 Å². The number of sulfonamides is 1. The van der Waals surface area contributed by atoms with Gasteiger partial charge in [-0.1, -0.05) is 0 Å². The van der Waals surface area contributed by atoms with Gasteiger partial charge in [0.25, 0.3) is 0 Å². The molecule has 0 aliphatic carbocycles. The van der Waals surface area contributed by atoms with E-state index in [1.165, 1.54) is 12.1 Å². The number of nitrogens with two attached hydrogens (primary N) is 2. The van der Waals surface area contributed by atoms with Crippen molar-refractivity contribution in [1.29, 1.82) is 0 Å². The van der Waals surface area contributed by atoms with E-state index >= 15 is 0 Å². The van der Waals surface area contributed by atoms with Gasteiger partial charge in [-0.25, -0.2) is 13.6 Å². The van der Waals surface area contributed by atoms with E-state index in [1.54, 1.807) is 6.07 Å². The maximum atomic E-state index is 11.2. The van der Waals surface area contributed by atoms with Gasteiger partial charge in [-0.15, -0.1) is 0 Å². The first-order chi connectivity index (χ1) is 8.20. The number of likely N-dealkylation sites (N-methyl/N-ethyl adjacent to an activating group) is 1. The van der Waals surface area contributed by atoms with E-state index < -0.39 is 10.0 Å². The summed E-state index contributed by atoms with van der Waals surface area (Å²) in [5, 5.41) is 8.25. The minimum absolute atomic E-state index is 0.0193. The Kier molecular flexibility index (Phi) is 4.55. The van der Waals surface area contributed by atoms with Crippen LogP contribution in [0.25, 0.3) is 0 Å². The van der Waals surface area contributed by atoms with E-state index in [2.05, 4.69) is 5.32 Å². The molecule has 1 rings (SSSR count). The van der Waals surface area contributed by atoms with Gasteiger partial charge in [0.1, 0.15) is 0 Å². The molecule has 18 heavy (non-hydrogen) atoms. The van der Waals surface area contributed by atoms with Gasteiger partial charge in [0, 0.05) is 12.6 Å². The lowest BCUT2D eigenvalue weighted by molar-refractivity contribution is 0.392. The molecule has 1 unspecified atom stereocenters. The highest BCUT2D eigenvalue weighted by molar-refractivity contribution is 7.89. The lowest BCUT2D eigenvalue weighted by Gasteiger charge is -2.20. The van der Waals surface area contributed by atoms with Crippen molar-refractivity contribution in [2.45, 2.75) is 17.9 Å². The molecule has 1 atom stereocenters. The van der Waals surface area contributed by atoms with Crippen LogP contribution in [0.3, 0.4) is 0 Å². The van der Waals surface area contributed by atoms with Crippen LogP contribution < -0.4 is 16.2 Å². The lowest BCUT2D eigenvalue weighted by atomic mass is 10.2. The molecule has 0 radical (unpaired) electrons. The molecular formula is C11H20N4O2S. The highest BCUT2D eigenvalue weighted by atomic mass is 32.2. The number of anilines is 2. The number of hydrogen-bond acceptors (Lipinski definition) is 5. The van der Waals surface area contributed by atoms with Crippen LogP contribution in [0, 0.1) is 0 Å². The Hall–Kier alpha value is -1.31. The molecule has 0 aliphatic heterocycles. The molecule has 0 heterocycles. The van der Waals surface area contributed by atoms with Crippen LogP contribution in [0.4, 0.5) is 11.4 Å². The number of primary sulfonamides is 1.